The zero-order valence-electron chi connectivity index (χ0n) is 32.6. The molecule has 0 radical (unpaired) electrons. The molecule has 11 heteroatoms. The second kappa shape index (κ2) is 20.6. The van der Waals surface area contributed by atoms with Crippen LogP contribution in [0.5, 0.6) is 11.5 Å². The molecule has 0 aromatic heterocycles. The number of rotatable bonds is 21. The molecule has 0 saturated heterocycles. The topological polar surface area (TPSA) is 119 Å². The smallest absolute Gasteiger partial charge is 0.231 e. The molecule has 1 aliphatic heterocycles. The van der Waals surface area contributed by atoms with Gasteiger partial charge in [0.2, 0.25) is 11.7 Å². The van der Waals surface area contributed by atoms with E-state index in [1.165, 1.54) is 11.8 Å². The number of fused-ring (bicyclic) bond motifs is 2. The lowest BCUT2D eigenvalue weighted by atomic mass is 9.56. The molecule has 0 spiro atoms. The third-order valence-corrected chi connectivity index (χ3v) is 13.0. The maximum atomic E-state index is 11.8. The Morgan fingerprint density at radius 2 is 1.79 bits per heavy atom. The minimum Gasteiger partial charge on any atom is -0.493 e. The van der Waals surface area contributed by atoms with Crippen LogP contribution in [0.3, 0.4) is 0 Å². The molecule has 1 saturated carbocycles. The van der Waals surface area contributed by atoms with Gasteiger partial charge in [-0.2, -0.15) is 0 Å². The maximum absolute atomic E-state index is 11.8. The van der Waals surface area contributed by atoms with Crippen molar-refractivity contribution in [1.82, 2.24) is 0 Å². The first-order chi connectivity index (χ1) is 27.4. The van der Waals surface area contributed by atoms with Crippen molar-refractivity contribution in [2.24, 2.45) is 22.9 Å². The van der Waals surface area contributed by atoms with Crippen LogP contribution in [0.4, 0.5) is 5.69 Å². The van der Waals surface area contributed by atoms with Crippen LogP contribution in [-0.2, 0) is 14.4 Å². The van der Waals surface area contributed by atoms with E-state index in [-0.39, 0.29) is 54.6 Å². The van der Waals surface area contributed by atoms with Crippen LogP contribution in [0.1, 0.15) is 70.3 Å². The third kappa shape index (κ3) is 10.0. The predicted molar refractivity (Wildman–Crippen MR) is 226 cm³/mol. The molecule has 2 aliphatic carbocycles. The fourth-order valence-corrected chi connectivity index (χ4v) is 10.5. The number of hydrogen-bond acceptors (Lipinski definition) is 10. The van der Waals surface area contributed by atoms with Crippen molar-refractivity contribution in [2.75, 3.05) is 44.1 Å². The molecule has 56 heavy (non-hydrogen) atoms. The van der Waals surface area contributed by atoms with Gasteiger partial charge >= 0.3 is 0 Å². The number of amides is 1. The standard InChI is InChI=1S/C45H56N2O7S2/c1-4-25-52-45-42(56-36-20-17-33(18-21-36)46-31(3)50)30-40(47-53-5-2)38-28-32(13-9-11-23-48)37(16-10-12-24-49)43(44(38)45)39-29-34(19-22-41(39)54-45)51-26-27-55-35-14-7-6-8-15-35/h4,6-8,14-15,17-22,28-29,32,37,42-44,48-49H,1,5,9-13,16,23-27,30H2,2-3H3,(H,46,50). The first-order valence-corrected chi connectivity index (χ1v) is 21.8. The van der Waals surface area contributed by atoms with Gasteiger partial charge in [-0.25, -0.2) is 0 Å². The van der Waals surface area contributed by atoms with Gasteiger partial charge in [-0.1, -0.05) is 48.3 Å². The van der Waals surface area contributed by atoms with E-state index in [0.717, 1.165) is 83.2 Å². The van der Waals surface area contributed by atoms with Gasteiger partial charge in [-0.05, 0) is 105 Å². The molecule has 3 aliphatic rings. The minimum absolute atomic E-state index is 0.0269. The van der Waals surface area contributed by atoms with Gasteiger partial charge in [0.15, 0.2) is 0 Å². The lowest BCUT2D eigenvalue weighted by molar-refractivity contribution is -0.223. The van der Waals surface area contributed by atoms with Crippen molar-refractivity contribution in [1.29, 1.82) is 0 Å². The largest absolute Gasteiger partial charge is 0.493 e. The number of carbonyl (C=O) groups is 1. The molecule has 3 aromatic rings. The van der Waals surface area contributed by atoms with Crippen LogP contribution in [0.15, 0.2) is 112 Å². The van der Waals surface area contributed by atoms with Gasteiger partial charge < -0.3 is 34.6 Å². The number of aliphatic hydroxyl groups excluding tert-OH is 2. The van der Waals surface area contributed by atoms with Crippen molar-refractivity contribution in [3.8, 4) is 11.5 Å². The SMILES string of the molecule is C=CCOC12Oc3ccc(OCCSc4ccccc4)cc3C3C(CCCCO)C(CCCCO)C=C(C(=NOCC)CC1Sc1ccc(NC(C)=O)cc1)C32. The van der Waals surface area contributed by atoms with Crippen LogP contribution in [-0.4, -0.2) is 71.7 Å². The van der Waals surface area contributed by atoms with E-state index in [1.54, 1.807) is 29.6 Å². The molecular formula is C45H56N2O7S2. The first-order valence-electron chi connectivity index (χ1n) is 20.0. The van der Waals surface area contributed by atoms with Gasteiger partial charge in [0.25, 0.3) is 0 Å². The molecule has 0 bridgehead atoms. The number of anilines is 1. The van der Waals surface area contributed by atoms with Gasteiger partial charge in [-0.3, -0.25) is 4.79 Å². The number of unbranched alkanes of at least 4 members (excludes halogenated alkanes) is 2. The van der Waals surface area contributed by atoms with Crippen molar-refractivity contribution in [3.05, 3.63) is 103 Å². The lowest BCUT2D eigenvalue weighted by Gasteiger charge is -2.58. The fourth-order valence-electron chi connectivity index (χ4n) is 8.48. The van der Waals surface area contributed by atoms with E-state index in [9.17, 15) is 15.0 Å². The van der Waals surface area contributed by atoms with Gasteiger partial charge in [0.1, 0.15) is 18.1 Å². The van der Waals surface area contributed by atoms with E-state index >= 15 is 0 Å². The Hall–Kier alpha value is -3.74. The normalized spacial score (nSPS) is 24.3. The van der Waals surface area contributed by atoms with Gasteiger partial charge in [0.05, 0.1) is 30.1 Å². The number of benzene rings is 3. The van der Waals surface area contributed by atoms with Crippen molar-refractivity contribution < 1.29 is 34.1 Å². The van der Waals surface area contributed by atoms with Crippen molar-refractivity contribution in [3.63, 3.8) is 0 Å². The van der Waals surface area contributed by atoms with Crippen molar-refractivity contribution >= 4 is 40.8 Å². The molecule has 9 nitrogen and oxygen atoms in total. The monoisotopic (exact) mass is 800 g/mol. The Morgan fingerprint density at radius 3 is 2.50 bits per heavy atom. The summed E-state index contributed by atoms with van der Waals surface area (Å²) in [4.78, 5) is 19.8. The molecule has 3 N–H and O–H groups in total. The van der Waals surface area contributed by atoms with E-state index in [0.29, 0.717) is 19.6 Å². The van der Waals surface area contributed by atoms with E-state index in [4.69, 9.17) is 24.2 Å². The maximum Gasteiger partial charge on any atom is 0.231 e. The Kier molecular flexibility index (Phi) is 15.4. The zero-order valence-corrected chi connectivity index (χ0v) is 34.2. The number of allylic oxidation sites excluding steroid dienone is 1. The highest BCUT2D eigenvalue weighted by atomic mass is 32.2. The first kappa shape index (κ1) is 41.9. The summed E-state index contributed by atoms with van der Waals surface area (Å²) in [5.41, 5.74) is 3.81. The van der Waals surface area contributed by atoms with Crippen LogP contribution in [0, 0.1) is 17.8 Å². The summed E-state index contributed by atoms with van der Waals surface area (Å²) in [6.07, 6.45) is 9.79. The summed E-state index contributed by atoms with van der Waals surface area (Å²) in [5.74, 6) is 1.30. The Balaban J connectivity index is 1.45. The number of nitrogens with one attached hydrogen (secondary N) is 1. The average molecular weight is 801 g/mol. The molecular weight excluding hydrogens is 745 g/mol. The molecule has 300 valence electrons. The number of hydrogen-bond donors (Lipinski definition) is 3. The molecule has 1 amide bonds. The summed E-state index contributed by atoms with van der Waals surface area (Å²) in [7, 11) is 0. The summed E-state index contributed by atoms with van der Waals surface area (Å²) in [6, 6.07) is 24.4. The quantitative estimate of drug-likeness (QED) is 0.0420. The van der Waals surface area contributed by atoms with Crippen LogP contribution >= 0.6 is 23.5 Å². The predicted octanol–water partition coefficient (Wildman–Crippen LogP) is 9.26. The second-order valence-electron chi connectivity index (χ2n) is 14.5. The number of nitrogens with zero attached hydrogens (tertiary/aromatic N) is 1. The van der Waals surface area contributed by atoms with Crippen molar-refractivity contribution in [2.45, 2.75) is 85.5 Å². The molecule has 6 unspecified atom stereocenters. The number of aliphatic hydroxyl groups is 2. The van der Waals surface area contributed by atoms with Crippen LogP contribution in [0.2, 0.25) is 0 Å². The Morgan fingerprint density at radius 1 is 1.02 bits per heavy atom. The number of oxime groups is 1. The van der Waals surface area contributed by atoms with Crippen LogP contribution in [0.25, 0.3) is 0 Å². The highest BCUT2D eigenvalue weighted by Gasteiger charge is 2.64. The molecule has 1 heterocycles. The van der Waals surface area contributed by atoms with E-state index < -0.39 is 5.79 Å². The Labute approximate surface area is 340 Å². The highest BCUT2D eigenvalue weighted by Crippen LogP contribution is 2.63. The number of ether oxygens (including phenoxy) is 3. The third-order valence-electron chi connectivity index (χ3n) is 10.7. The summed E-state index contributed by atoms with van der Waals surface area (Å²) in [6.45, 7) is 9.07. The summed E-state index contributed by atoms with van der Waals surface area (Å²) >= 11 is 3.46. The zero-order chi connectivity index (χ0) is 39.3. The second-order valence-corrected chi connectivity index (χ2v) is 16.9. The van der Waals surface area contributed by atoms with E-state index in [2.05, 4.69) is 48.3 Å². The Bertz CT molecular complexity index is 1800. The van der Waals surface area contributed by atoms with E-state index in [1.807, 2.05) is 49.4 Å². The molecule has 3 aromatic carbocycles. The molecule has 6 atom stereocenters. The lowest BCUT2D eigenvalue weighted by Crippen LogP contribution is -2.64. The summed E-state index contributed by atoms with van der Waals surface area (Å²) < 4.78 is 20.8. The summed E-state index contributed by atoms with van der Waals surface area (Å²) in [5, 5.41) is 27.1. The number of carbonyl (C=O) groups excluding carboxylic acids is 1. The van der Waals surface area contributed by atoms with Gasteiger partial charge in [0, 0.05) is 59.3 Å². The van der Waals surface area contributed by atoms with Crippen LogP contribution < -0.4 is 14.8 Å². The highest BCUT2D eigenvalue weighted by molar-refractivity contribution is 8.00. The fraction of sp³-hybridized carbons (Fsp3) is 0.467. The minimum atomic E-state index is -1.09. The average Bonchev–Trinajstić information content (AvgIpc) is 3.21. The molecule has 6 rings (SSSR count). The molecule has 1 fully saturated rings. The van der Waals surface area contributed by atoms with Gasteiger partial charge in [-0.15, -0.1) is 30.1 Å². The number of thioether (sulfide) groups is 2.